The molecule has 10 heteroatoms. The quantitative estimate of drug-likeness (QED) is 0.266. The third-order valence-electron chi connectivity index (χ3n) is 7.12. The Morgan fingerprint density at radius 2 is 1.75 bits per heavy atom. The van der Waals surface area contributed by atoms with Crippen LogP contribution >= 0.6 is 0 Å². The van der Waals surface area contributed by atoms with E-state index in [2.05, 4.69) is 28.9 Å². The predicted molar refractivity (Wildman–Crippen MR) is 150 cm³/mol. The van der Waals surface area contributed by atoms with Crippen molar-refractivity contribution in [3.05, 3.63) is 101 Å². The van der Waals surface area contributed by atoms with Crippen molar-refractivity contribution in [3.63, 3.8) is 0 Å². The minimum atomic E-state index is -3.63. The monoisotopic (exact) mass is 571 g/mol. The highest BCUT2D eigenvalue weighted by Gasteiger charge is 2.31. The Hall–Kier alpha value is -3.18. The Morgan fingerprint density at radius 1 is 1.02 bits per heavy atom. The summed E-state index contributed by atoms with van der Waals surface area (Å²) < 4.78 is 53.8. The van der Waals surface area contributed by atoms with Crippen LogP contribution in [0.5, 0.6) is 0 Å². The van der Waals surface area contributed by atoms with Gasteiger partial charge in [0.15, 0.2) is 9.84 Å². The van der Waals surface area contributed by atoms with E-state index >= 15 is 0 Å². The van der Waals surface area contributed by atoms with E-state index in [1.165, 1.54) is 29.8 Å². The summed E-state index contributed by atoms with van der Waals surface area (Å²) in [7, 11) is -3.63. The average Bonchev–Trinajstić information content (AvgIpc) is 3.48. The summed E-state index contributed by atoms with van der Waals surface area (Å²) in [5.41, 5.74) is 2.60. The second kappa shape index (κ2) is 13.5. The topological polar surface area (TPSA) is 108 Å². The number of aliphatic hydroxyl groups excluding tert-OH is 1. The lowest BCUT2D eigenvalue weighted by Crippen LogP contribution is -2.48. The number of amides is 1. The molecule has 1 heterocycles. The van der Waals surface area contributed by atoms with Gasteiger partial charge >= 0.3 is 0 Å². The van der Waals surface area contributed by atoms with E-state index < -0.39 is 44.8 Å². The van der Waals surface area contributed by atoms with Gasteiger partial charge < -0.3 is 21.1 Å². The maximum atomic E-state index is 13.9. The number of nitrogens with one attached hydrogen (secondary N) is 3. The lowest BCUT2D eigenvalue weighted by Gasteiger charge is -2.25. The van der Waals surface area contributed by atoms with E-state index in [0.717, 1.165) is 30.2 Å². The van der Waals surface area contributed by atoms with E-state index in [1.807, 2.05) is 18.2 Å². The van der Waals surface area contributed by atoms with Crippen LogP contribution in [0.4, 0.5) is 8.78 Å². The van der Waals surface area contributed by atoms with Crippen LogP contribution in [0.3, 0.4) is 0 Å². The van der Waals surface area contributed by atoms with E-state index in [0.29, 0.717) is 26.1 Å². The van der Waals surface area contributed by atoms with Crippen LogP contribution in [0.15, 0.2) is 71.6 Å². The van der Waals surface area contributed by atoms with Crippen molar-refractivity contribution in [2.24, 2.45) is 0 Å². The number of hydrogen-bond donors (Lipinski definition) is 4. The molecule has 0 aliphatic carbocycles. The first kappa shape index (κ1) is 29.8. The zero-order chi connectivity index (χ0) is 28.7. The lowest BCUT2D eigenvalue weighted by molar-refractivity contribution is 0.0829. The van der Waals surface area contributed by atoms with Gasteiger partial charge in [0.05, 0.1) is 22.3 Å². The van der Waals surface area contributed by atoms with Crippen molar-refractivity contribution in [2.75, 3.05) is 19.6 Å². The molecule has 3 atom stereocenters. The number of carbonyl (C=O) groups excluding carboxylic acids is 1. The molecule has 0 spiro atoms. The molecule has 0 aromatic heterocycles. The maximum Gasteiger partial charge on any atom is 0.251 e. The second-order valence-electron chi connectivity index (χ2n) is 10.1. The molecule has 1 fully saturated rings. The van der Waals surface area contributed by atoms with Gasteiger partial charge in [0.1, 0.15) is 11.6 Å². The summed E-state index contributed by atoms with van der Waals surface area (Å²) in [5.74, 6) is -2.12. The molecule has 1 aliphatic heterocycles. The average molecular weight is 572 g/mol. The van der Waals surface area contributed by atoms with Crippen LogP contribution < -0.4 is 16.0 Å². The number of rotatable bonds is 12. The third-order valence-corrected chi connectivity index (χ3v) is 9.31. The largest absolute Gasteiger partial charge is 0.390 e. The predicted octanol–water partition coefficient (Wildman–Crippen LogP) is 3.15. The first-order valence-electron chi connectivity index (χ1n) is 13.4. The van der Waals surface area contributed by atoms with Gasteiger partial charge in [-0.3, -0.25) is 4.79 Å². The molecule has 3 unspecified atom stereocenters. The van der Waals surface area contributed by atoms with Crippen LogP contribution in [0, 0.1) is 11.6 Å². The first-order valence-corrected chi connectivity index (χ1v) is 15.0. The number of aliphatic hydroxyl groups is 1. The van der Waals surface area contributed by atoms with Crippen LogP contribution in [0.2, 0.25) is 0 Å². The molecule has 3 aromatic carbocycles. The Labute approximate surface area is 233 Å². The molecule has 1 saturated heterocycles. The highest BCUT2D eigenvalue weighted by atomic mass is 32.2. The van der Waals surface area contributed by atoms with Gasteiger partial charge in [0, 0.05) is 31.3 Å². The Kier molecular flexibility index (Phi) is 10.0. The molecule has 214 valence electrons. The zero-order valence-electron chi connectivity index (χ0n) is 22.4. The summed E-state index contributed by atoms with van der Waals surface area (Å²) in [6, 6.07) is 16.0. The van der Waals surface area contributed by atoms with Crippen molar-refractivity contribution in [1.29, 1.82) is 0 Å². The normalized spacial score (nSPS) is 16.9. The van der Waals surface area contributed by atoms with E-state index in [9.17, 15) is 27.1 Å². The van der Waals surface area contributed by atoms with E-state index in [-0.39, 0.29) is 29.0 Å². The smallest absolute Gasteiger partial charge is 0.251 e. The van der Waals surface area contributed by atoms with Gasteiger partial charge in [-0.2, -0.15) is 0 Å². The molecule has 0 saturated carbocycles. The number of benzene rings is 3. The zero-order valence-corrected chi connectivity index (χ0v) is 23.2. The SMILES string of the molecule is CCc1cccc(CNCC(O)C(Cc2cc(F)cc(F)c2)NC(=O)c2cccc(S(=O)(=O)C3CCNC3)c2)c1. The summed E-state index contributed by atoms with van der Waals surface area (Å²) in [5, 5.41) is 19.5. The van der Waals surface area contributed by atoms with E-state index in [1.54, 1.807) is 0 Å². The number of halogens is 2. The van der Waals surface area contributed by atoms with Crippen molar-refractivity contribution >= 4 is 15.7 Å². The molecule has 1 aliphatic rings. The molecular weight excluding hydrogens is 536 g/mol. The van der Waals surface area contributed by atoms with Crippen LogP contribution in [-0.4, -0.2) is 56.5 Å². The summed E-state index contributed by atoms with van der Waals surface area (Å²) in [6.07, 6.45) is 0.239. The Bertz CT molecular complexity index is 1410. The summed E-state index contributed by atoms with van der Waals surface area (Å²) in [6.45, 7) is 3.61. The Balaban J connectivity index is 1.50. The van der Waals surface area contributed by atoms with Crippen LogP contribution in [0.25, 0.3) is 0 Å². The molecule has 1 amide bonds. The van der Waals surface area contributed by atoms with Crippen LogP contribution in [-0.2, 0) is 29.2 Å². The fourth-order valence-electron chi connectivity index (χ4n) is 4.88. The van der Waals surface area contributed by atoms with E-state index in [4.69, 9.17) is 0 Å². The minimum absolute atomic E-state index is 0.0413. The molecule has 4 rings (SSSR count). The number of sulfone groups is 1. The highest BCUT2D eigenvalue weighted by molar-refractivity contribution is 7.92. The molecule has 0 bridgehead atoms. The number of hydrogen-bond acceptors (Lipinski definition) is 6. The maximum absolute atomic E-state index is 13.9. The van der Waals surface area contributed by atoms with Crippen molar-refractivity contribution in [2.45, 2.75) is 55.0 Å². The van der Waals surface area contributed by atoms with Gasteiger partial charge in [-0.25, -0.2) is 17.2 Å². The van der Waals surface area contributed by atoms with Crippen molar-refractivity contribution < 1.29 is 27.1 Å². The van der Waals surface area contributed by atoms with Gasteiger partial charge in [0.2, 0.25) is 0 Å². The first-order chi connectivity index (χ1) is 19.2. The third kappa shape index (κ3) is 7.72. The van der Waals surface area contributed by atoms with Gasteiger partial charge in [0.25, 0.3) is 5.91 Å². The van der Waals surface area contributed by atoms with Crippen LogP contribution in [0.1, 0.15) is 40.4 Å². The molecule has 0 radical (unpaired) electrons. The Morgan fingerprint density at radius 3 is 2.45 bits per heavy atom. The number of aryl methyl sites for hydroxylation is 1. The second-order valence-corrected chi connectivity index (χ2v) is 12.3. The standard InChI is InChI=1S/C30H35F2N3O4S/c1-2-20-5-3-6-21(11-20)17-34-19-29(36)28(14-22-12-24(31)16-25(32)13-22)35-30(37)23-7-4-8-26(15-23)40(38,39)27-9-10-33-18-27/h3-8,11-13,15-16,27-29,33-34,36H,2,9-10,14,17-19H2,1H3,(H,35,37). The van der Waals surface area contributed by atoms with Crippen molar-refractivity contribution in [3.8, 4) is 0 Å². The van der Waals surface area contributed by atoms with Crippen molar-refractivity contribution in [1.82, 2.24) is 16.0 Å². The molecule has 40 heavy (non-hydrogen) atoms. The minimum Gasteiger partial charge on any atom is -0.390 e. The molecule has 3 aromatic rings. The van der Waals surface area contributed by atoms with Gasteiger partial charge in [-0.1, -0.05) is 37.3 Å². The summed E-state index contributed by atoms with van der Waals surface area (Å²) in [4.78, 5) is 13.3. The fraction of sp³-hybridized carbons (Fsp3) is 0.367. The number of carbonyl (C=O) groups is 1. The molecule has 7 nitrogen and oxygen atoms in total. The highest BCUT2D eigenvalue weighted by Crippen LogP contribution is 2.22. The van der Waals surface area contributed by atoms with Gasteiger partial charge in [-0.05, 0) is 72.8 Å². The summed E-state index contributed by atoms with van der Waals surface area (Å²) >= 11 is 0. The lowest BCUT2D eigenvalue weighted by atomic mass is 10.00. The van der Waals surface area contributed by atoms with Gasteiger partial charge in [-0.15, -0.1) is 0 Å². The molecular formula is C30H35F2N3O4S. The molecule has 4 N–H and O–H groups in total. The fourth-order valence-corrected chi connectivity index (χ4v) is 6.59.